The molecule has 0 amide bonds. The first-order valence-electron chi connectivity index (χ1n) is 5.77. The Morgan fingerprint density at radius 3 is 2.67 bits per heavy atom. The molecule has 0 aromatic heterocycles. The van der Waals surface area contributed by atoms with Crippen LogP contribution < -0.4 is 16.6 Å². The first-order valence-corrected chi connectivity index (χ1v) is 5.77. The van der Waals surface area contributed by atoms with Crippen molar-refractivity contribution >= 4 is 5.96 Å². The second-order valence-corrected chi connectivity index (χ2v) is 3.96. The lowest BCUT2D eigenvalue weighted by Gasteiger charge is -2.22. The molecule has 1 fully saturated rings. The highest BCUT2D eigenvalue weighted by atomic mass is 15.3. The van der Waals surface area contributed by atoms with Crippen molar-refractivity contribution in [3.63, 3.8) is 0 Å². The minimum Gasteiger partial charge on any atom is -0.356 e. The monoisotopic (exact) mass is 213 g/mol. The zero-order valence-corrected chi connectivity index (χ0v) is 9.79. The van der Waals surface area contributed by atoms with E-state index in [4.69, 9.17) is 5.84 Å². The van der Waals surface area contributed by atoms with Crippen LogP contribution in [-0.4, -0.2) is 43.1 Å². The lowest BCUT2D eigenvalue weighted by molar-refractivity contribution is 0.265. The van der Waals surface area contributed by atoms with Gasteiger partial charge in [-0.1, -0.05) is 0 Å². The molecular formula is C10H23N5. The van der Waals surface area contributed by atoms with Gasteiger partial charge in [0.05, 0.1) is 6.54 Å². The standard InChI is InChI=1S/C10H23N5/c1-3-12-10(14-11)13-8-9(2)15-6-4-5-7-15/h9H,3-8,11H2,1-2H3,(H2,12,13,14). The molecule has 0 saturated carbocycles. The van der Waals surface area contributed by atoms with E-state index < -0.39 is 0 Å². The smallest absolute Gasteiger partial charge is 0.205 e. The summed E-state index contributed by atoms with van der Waals surface area (Å²) in [6.07, 6.45) is 2.65. The van der Waals surface area contributed by atoms with Crippen molar-refractivity contribution in [1.82, 2.24) is 15.6 Å². The number of likely N-dealkylation sites (tertiary alicyclic amines) is 1. The van der Waals surface area contributed by atoms with Crippen molar-refractivity contribution in [2.75, 3.05) is 26.2 Å². The summed E-state index contributed by atoms with van der Waals surface area (Å²) in [6.45, 7) is 8.30. The summed E-state index contributed by atoms with van der Waals surface area (Å²) in [5, 5.41) is 3.07. The number of hydrogen-bond donors (Lipinski definition) is 3. The van der Waals surface area contributed by atoms with E-state index >= 15 is 0 Å². The zero-order chi connectivity index (χ0) is 11.1. The number of nitrogens with two attached hydrogens (primary N) is 1. The van der Waals surface area contributed by atoms with Gasteiger partial charge in [-0.3, -0.25) is 15.3 Å². The van der Waals surface area contributed by atoms with Gasteiger partial charge in [0.2, 0.25) is 5.96 Å². The molecule has 1 aliphatic rings. The van der Waals surface area contributed by atoms with E-state index in [0.717, 1.165) is 13.1 Å². The first kappa shape index (κ1) is 12.3. The van der Waals surface area contributed by atoms with Gasteiger partial charge in [-0.2, -0.15) is 0 Å². The molecule has 0 aromatic rings. The SMILES string of the molecule is CCNC(=NCC(C)N1CCCC1)NN. The number of nitrogens with one attached hydrogen (secondary N) is 2. The van der Waals surface area contributed by atoms with Gasteiger partial charge in [-0.15, -0.1) is 0 Å². The second-order valence-electron chi connectivity index (χ2n) is 3.96. The number of nitrogens with zero attached hydrogens (tertiary/aromatic N) is 2. The molecule has 1 aliphatic heterocycles. The largest absolute Gasteiger partial charge is 0.356 e. The van der Waals surface area contributed by atoms with Crippen molar-refractivity contribution in [3.05, 3.63) is 0 Å². The molecule has 4 N–H and O–H groups in total. The van der Waals surface area contributed by atoms with E-state index in [-0.39, 0.29) is 0 Å². The van der Waals surface area contributed by atoms with Crippen molar-refractivity contribution in [1.29, 1.82) is 0 Å². The third kappa shape index (κ3) is 4.05. The Morgan fingerprint density at radius 1 is 1.47 bits per heavy atom. The number of guanidine groups is 1. The van der Waals surface area contributed by atoms with Crippen molar-refractivity contribution in [3.8, 4) is 0 Å². The Kier molecular flexibility index (Phi) is 5.42. The summed E-state index contributed by atoms with van der Waals surface area (Å²) in [6, 6.07) is 0.509. The summed E-state index contributed by atoms with van der Waals surface area (Å²) in [5.74, 6) is 6.03. The number of hydrogen-bond acceptors (Lipinski definition) is 3. The van der Waals surface area contributed by atoms with Crippen LogP contribution in [0.2, 0.25) is 0 Å². The summed E-state index contributed by atoms with van der Waals surface area (Å²) in [4.78, 5) is 6.88. The fraction of sp³-hybridized carbons (Fsp3) is 0.900. The summed E-state index contributed by atoms with van der Waals surface area (Å²) < 4.78 is 0. The topological polar surface area (TPSA) is 65.7 Å². The molecule has 5 nitrogen and oxygen atoms in total. The van der Waals surface area contributed by atoms with Gasteiger partial charge in [0.1, 0.15) is 0 Å². The molecule has 0 aromatic carbocycles. The maximum absolute atomic E-state index is 5.34. The molecule has 1 rings (SSSR count). The van der Waals surface area contributed by atoms with Crippen LogP contribution in [0.5, 0.6) is 0 Å². The van der Waals surface area contributed by atoms with Gasteiger partial charge in [-0.05, 0) is 39.8 Å². The van der Waals surface area contributed by atoms with E-state index in [2.05, 4.69) is 27.6 Å². The Morgan fingerprint density at radius 2 is 2.13 bits per heavy atom. The number of aliphatic imine (C=N–C) groups is 1. The quantitative estimate of drug-likeness (QED) is 0.264. The van der Waals surface area contributed by atoms with Gasteiger partial charge in [-0.25, -0.2) is 5.84 Å². The summed E-state index contributed by atoms with van der Waals surface area (Å²) in [7, 11) is 0. The Labute approximate surface area is 92.1 Å². The summed E-state index contributed by atoms with van der Waals surface area (Å²) >= 11 is 0. The molecule has 0 radical (unpaired) electrons. The van der Waals surface area contributed by atoms with Crippen molar-refractivity contribution in [2.45, 2.75) is 32.7 Å². The minimum absolute atomic E-state index is 0.509. The average molecular weight is 213 g/mol. The molecule has 15 heavy (non-hydrogen) atoms. The Hall–Kier alpha value is -0.810. The molecule has 0 bridgehead atoms. The molecule has 88 valence electrons. The van der Waals surface area contributed by atoms with E-state index in [1.54, 1.807) is 0 Å². The molecule has 1 unspecified atom stereocenters. The normalized spacial score (nSPS) is 20.3. The third-order valence-corrected chi connectivity index (χ3v) is 2.76. The molecule has 0 aliphatic carbocycles. The second kappa shape index (κ2) is 6.63. The van der Waals surface area contributed by atoms with Crippen LogP contribution in [0.3, 0.4) is 0 Å². The van der Waals surface area contributed by atoms with E-state index in [9.17, 15) is 0 Å². The highest BCUT2D eigenvalue weighted by Gasteiger charge is 2.17. The van der Waals surface area contributed by atoms with Crippen LogP contribution >= 0.6 is 0 Å². The zero-order valence-electron chi connectivity index (χ0n) is 9.79. The fourth-order valence-corrected chi connectivity index (χ4v) is 1.84. The van der Waals surface area contributed by atoms with Gasteiger partial charge in [0.15, 0.2) is 0 Å². The van der Waals surface area contributed by atoms with E-state index in [0.29, 0.717) is 12.0 Å². The predicted octanol–water partition coefficient (Wildman–Crippen LogP) is -0.100. The highest BCUT2D eigenvalue weighted by molar-refractivity contribution is 5.79. The Bertz CT molecular complexity index is 198. The van der Waals surface area contributed by atoms with Gasteiger partial charge >= 0.3 is 0 Å². The fourth-order valence-electron chi connectivity index (χ4n) is 1.84. The first-order chi connectivity index (χ1) is 7.27. The van der Waals surface area contributed by atoms with Gasteiger partial charge in [0.25, 0.3) is 0 Å². The van der Waals surface area contributed by atoms with Gasteiger partial charge in [0, 0.05) is 12.6 Å². The van der Waals surface area contributed by atoms with Crippen LogP contribution in [-0.2, 0) is 0 Å². The average Bonchev–Trinajstić information content (AvgIpc) is 2.77. The van der Waals surface area contributed by atoms with Gasteiger partial charge < -0.3 is 5.32 Å². The molecule has 1 saturated heterocycles. The predicted molar refractivity (Wildman–Crippen MR) is 63.6 cm³/mol. The van der Waals surface area contributed by atoms with Crippen LogP contribution in [0.1, 0.15) is 26.7 Å². The molecule has 1 heterocycles. The van der Waals surface area contributed by atoms with Crippen LogP contribution in [0, 0.1) is 0 Å². The summed E-state index contributed by atoms with van der Waals surface area (Å²) in [5.41, 5.74) is 2.57. The van der Waals surface area contributed by atoms with Crippen LogP contribution in [0.25, 0.3) is 0 Å². The highest BCUT2D eigenvalue weighted by Crippen LogP contribution is 2.11. The lowest BCUT2D eigenvalue weighted by Crippen LogP contribution is -2.42. The van der Waals surface area contributed by atoms with Crippen molar-refractivity contribution < 1.29 is 0 Å². The maximum atomic E-state index is 5.34. The molecular weight excluding hydrogens is 190 g/mol. The lowest BCUT2D eigenvalue weighted by atomic mass is 10.3. The van der Waals surface area contributed by atoms with Crippen LogP contribution in [0.15, 0.2) is 4.99 Å². The van der Waals surface area contributed by atoms with E-state index in [1.807, 2.05) is 6.92 Å². The van der Waals surface area contributed by atoms with Crippen molar-refractivity contribution in [2.24, 2.45) is 10.8 Å². The Balaban J connectivity index is 2.32. The molecule has 0 spiro atoms. The maximum Gasteiger partial charge on any atom is 0.205 e. The number of rotatable bonds is 4. The third-order valence-electron chi connectivity index (χ3n) is 2.76. The molecule has 5 heteroatoms. The minimum atomic E-state index is 0.509. The van der Waals surface area contributed by atoms with Crippen LogP contribution in [0.4, 0.5) is 0 Å². The van der Waals surface area contributed by atoms with E-state index in [1.165, 1.54) is 25.9 Å². The number of hydrazine groups is 1. The molecule has 1 atom stereocenters.